The molecule has 1 aromatic heterocycles. The number of nitrogens with zero attached hydrogens (tertiary/aromatic N) is 1. The van der Waals surface area contributed by atoms with Crippen molar-refractivity contribution in [2.75, 3.05) is 0 Å². The van der Waals surface area contributed by atoms with Crippen LogP contribution < -0.4 is 5.32 Å². The molecule has 0 aliphatic rings. The van der Waals surface area contributed by atoms with E-state index in [0.717, 1.165) is 34.1 Å². The highest BCUT2D eigenvalue weighted by Crippen LogP contribution is 2.24. The minimum absolute atomic E-state index is 0.0971. The first-order chi connectivity index (χ1) is 13.0. The van der Waals surface area contributed by atoms with Crippen molar-refractivity contribution in [3.63, 3.8) is 0 Å². The first-order valence-corrected chi connectivity index (χ1v) is 9.12. The number of benzene rings is 2. The molecule has 2 N–H and O–H groups in total. The number of carbonyl (C=O) groups is 1. The molecule has 3 aromatic rings. The third-order valence-corrected chi connectivity index (χ3v) is 4.83. The molecule has 3 rings (SSSR count). The second-order valence-electron chi connectivity index (χ2n) is 6.67. The van der Waals surface area contributed by atoms with Crippen molar-refractivity contribution >= 4 is 22.9 Å². The summed E-state index contributed by atoms with van der Waals surface area (Å²) in [5.74, 6) is -0.366. The first-order valence-electron chi connectivity index (χ1n) is 9.12. The second-order valence-corrected chi connectivity index (χ2v) is 6.67. The minimum Gasteiger partial charge on any atom is -0.358 e. The van der Waals surface area contributed by atoms with E-state index in [9.17, 15) is 10.1 Å². The maximum Gasteiger partial charge on any atom is 0.262 e. The predicted octanol–water partition coefficient (Wildman–Crippen LogP) is 4.82. The number of aromatic nitrogens is 1. The Labute approximate surface area is 159 Å². The molecule has 0 fully saturated rings. The van der Waals surface area contributed by atoms with E-state index in [-0.39, 0.29) is 17.5 Å². The number of carbonyl (C=O) groups excluding carboxylic acids is 1. The zero-order valence-electron chi connectivity index (χ0n) is 15.8. The van der Waals surface area contributed by atoms with Gasteiger partial charge in [0.2, 0.25) is 0 Å². The fraction of sp³-hybridized carbons (Fsp3) is 0.217. The number of hydrogen-bond donors (Lipinski definition) is 2. The van der Waals surface area contributed by atoms with E-state index in [1.807, 2.05) is 56.3 Å². The Bertz CT molecular complexity index is 1040. The minimum atomic E-state index is -0.366. The number of aryl methyl sites for hydroxylation is 2. The molecule has 1 amide bonds. The van der Waals surface area contributed by atoms with Crippen molar-refractivity contribution in [1.82, 2.24) is 10.3 Å². The van der Waals surface area contributed by atoms with Crippen molar-refractivity contribution in [2.45, 2.75) is 33.2 Å². The summed E-state index contributed by atoms with van der Waals surface area (Å²) in [5, 5.41) is 13.4. The van der Waals surface area contributed by atoms with Crippen LogP contribution in [0, 0.1) is 18.3 Å². The van der Waals surface area contributed by atoms with Crippen LogP contribution in [0.5, 0.6) is 0 Å². The average Bonchev–Trinajstić information content (AvgIpc) is 3.00. The number of para-hydroxylation sites is 1. The summed E-state index contributed by atoms with van der Waals surface area (Å²) in [6, 6.07) is 17.9. The molecule has 0 saturated heterocycles. The molecule has 0 radical (unpaired) electrons. The quantitative estimate of drug-likeness (QED) is 0.507. The van der Waals surface area contributed by atoms with Gasteiger partial charge in [-0.3, -0.25) is 4.79 Å². The van der Waals surface area contributed by atoms with Crippen molar-refractivity contribution in [2.24, 2.45) is 0 Å². The van der Waals surface area contributed by atoms with Gasteiger partial charge in [-0.1, -0.05) is 49.4 Å². The number of amides is 1. The van der Waals surface area contributed by atoms with Crippen molar-refractivity contribution in [3.05, 3.63) is 76.5 Å². The molecule has 2 aromatic carbocycles. The highest BCUT2D eigenvalue weighted by Gasteiger charge is 2.15. The van der Waals surface area contributed by atoms with E-state index in [1.165, 1.54) is 5.56 Å². The Kier molecular flexibility index (Phi) is 5.42. The van der Waals surface area contributed by atoms with Crippen LogP contribution in [0.2, 0.25) is 0 Å². The number of nitriles is 1. The summed E-state index contributed by atoms with van der Waals surface area (Å²) < 4.78 is 0. The van der Waals surface area contributed by atoms with Crippen LogP contribution in [0.15, 0.2) is 54.1 Å². The smallest absolute Gasteiger partial charge is 0.262 e. The van der Waals surface area contributed by atoms with Gasteiger partial charge in [0.05, 0.1) is 6.04 Å². The molecule has 0 spiro atoms. The molecular formula is C23H23N3O. The maximum atomic E-state index is 12.6. The van der Waals surface area contributed by atoms with Gasteiger partial charge in [0.15, 0.2) is 0 Å². The van der Waals surface area contributed by atoms with Gasteiger partial charge in [0, 0.05) is 22.2 Å². The molecule has 0 aliphatic carbocycles. The lowest BCUT2D eigenvalue weighted by Gasteiger charge is -2.14. The summed E-state index contributed by atoms with van der Waals surface area (Å²) in [7, 11) is 0. The monoisotopic (exact) mass is 357 g/mol. The number of hydrogen-bond acceptors (Lipinski definition) is 2. The van der Waals surface area contributed by atoms with Crippen LogP contribution in [0.1, 0.15) is 42.3 Å². The number of H-pyrrole nitrogens is 1. The molecule has 27 heavy (non-hydrogen) atoms. The molecule has 1 unspecified atom stereocenters. The zero-order chi connectivity index (χ0) is 19.4. The van der Waals surface area contributed by atoms with Crippen LogP contribution in [0.4, 0.5) is 0 Å². The topological polar surface area (TPSA) is 68.7 Å². The summed E-state index contributed by atoms with van der Waals surface area (Å²) in [4.78, 5) is 15.9. The van der Waals surface area contributed by atoms with Crippen LogP contribution >= 0.6 is 0 Å². The van der Waals surface area contributed by atoms with Gasteiger partial charge in [-0.15, -0.1) is 0 Å². The molecule has 0 bridgehead atoms. The highest BCUT2D eigenvalue weighted by molar-refractivity contribution is 6.04. The van der Waals surface area contributed by atoms with Gasteiger partial charge in [0.25, 0.3) is 5.91 Å². The Balaban J connectivity index is 1.84. The van der Waals surface area contributed by atoms with Gasteiger partial charge < -0.3 is 10.3 Å². The van der Waals surface area contributed by atoms with E-state index < -0.39 is 0 Å². The lowest BCUT2D eigenvalue weighted by atomic mass is 10.0. The van der Waals surface area contributed by atoms with E-state index >= 15 is 0 Å². The fourth-order valence-electron chi connectivity index (χ4n) is 3.18. The molecule has 136 valence electrons. The van der Waals surface area contributed by atoms with E-state index in [4.69, 9.17) is 0 Å². The number of nitrogens with one attached hydrogen (secondary N) is 2. The zero-order valence-corrected chi connectivity index (χ0v) is 15.8. The average molecular weight is 357 g/mol. The Hall–Kier alpha value is -3.32. The van der Waals surface area contributed by atoms with Gasteiger partial charge in [-0.05, 0) is 43.5 Å². The molecular weight excluding hydrogens is 334 g/mol. The first kappa shape index (κ1) is 18.5. The van der Waals surface area contributed by atoms with Gasteiger partial charge in [-0.2, -0.15) is 5.26 Å². The van der Waals surface area contributed by atoms with Crippen LogP contribution in [-0.4, -0.2) is 10.9 Å². The maximum absolute atomic E-state index is 12.6. The molecule has 4 nitrogen and oxygen atoms in total. The van der Waals surface area contributed by atoms with Crippen molar-refractivity contribution in [1.29, 1.82) is 5.26 Å². The third kappa shape index (κ3) is 3.93. The predicted molar refractivity (Wildman–Crippen MR) is 109 cm³/mol. The summed E-state index contributed by atoms with van der Waals surface area (Å²) in [5.41, 5.74) is 5.16. The van der Waals surface area contributed by atoms with E-state index in [2.05, 4.69) is 29.4 Å². The molecule has 1 atom stereocenters. The molecule has 0 aliphatic heterocycles. The van der Waals surface area contributed by atoms with Crippen LogP contribution in [0.3, 0.4) is 0 Å². The largest absolute Gasteiger partial charge is 0.358 e. The highest BCUT2D eigenvalue weighted by atomic mass is 16.1. The second kappa shape index (κ2) is 7.92. The van der Waals surface area contributed by atoms with Gasteiger partial charge in [-0.25, -0.2) is 0 Å². The number of aromatic amines is 1. The van der Waals surface area contributed by atoms with Crippen molar-refractivity contribution in [3.8, 4) is 6.07 Å². The van der Waals surface area contributed by atoms with E-state index in [0.29, 0.717) is 0 Å². The normalized spacial score (nSPS) is 12.6. The Morgan fingerprint density at radius 2 is 1.93 bits per heavy atom. The Morgan fingerprint density at radius 3 is 2.59 bits per heavy atom. The number of fused-ring (bicyclic) bond motifs is 1. The lowest BCUT2D eigenvalue weighted by Crippen LogP contribution is -2.27. The SMILES string of the molecule is CCc1ccc(C(C)NC(=O)C(C#N)=Cc2c(C)[nH]c3ccccc23)cc1. The molecule has 4 heteroatoms. The van der Waals surface area contributed by atoms with Crippen LogP contribution in [-0.2, 0) is 11.2 Å². The standard InChI is InChI=1S/C23H23N3O/c1-4-17-9-11-18(12-10-17)15(2)26-23(27)19(14-24)13-21-16(3)25-22-8-6-5-7-20(21)22/h5-13,15,25H,4H2,1-3H3,(H,26,27). The van der Waals surface area contributed by atoms with Crippen LogP contribution in [0.25, 0.3) is 17.0 Å². The molecule has 1 heterocycles. The third-order valence-electron chi connectivity index (χ3n) is 4.83. The fourth-order valence-corrected chi connectivity index (χ4v) is 3.18. The summed E-state index contributed by atoms with van der Waals surface area (Å²) in [6.45, 7) is 5.97. The van der Waals surface area contributed by atoms with Gasteiger partial charge >= 0.3 is 0 Å². The summed E-state index contributed by atoms with van der Waals surface area (Å²) >= 11 is 0. The Morgan fingerprint density at radius 1 is 1.22 bits per heavy atom. The number of rotatable bonds is 5. The van der Waals surface area contributed by atoms with E-state index in [1.54, 1.807) is 6.08 Å². The summed E-state index contributed by atoms with van der Waals surface area (Å²) in [6.07, 6.45) is 2.64. The molecule has 0 saturated carbocycles. The van der Waals surface area contributed by atoms with Gasteiger partial charge in [0.1, 0.15) is 11.6 Å². The van der Waals surface area contributed by atoms with Crippen molar-refractivity contribution < 1.29 is 4.79 Å². The lowest BCUT2D eigenvalue weighted by molar-refractivity contribution is -0.117.